The maximum absolute atomic E-state index is 11.8. The van der Waals surface area contributed by atoms with Crippen molar-refractivity contribution >= 4 is 11.7 Å². The molecule has 1 aromatic rings. The number of likely N-dealkylation sites (tertiary alicyclic amines) is 1. The molecule has 0 aliphatic carbocycles. The fourth-order valence-electron chi connectivity index (χ4n) is 1.55. The first-order valence-electron chi connectivity index (χ1n) is 4.83. The average Bonchev–Trinajstić information content (AvgIpc) is 2.30. The lowest BCUT2D eigenvalue weighted by Crippen LogP contribution is -2.38. The smallest absolute Gasteiger partial charge is 0.257 e. The standard InChI is InChI=1S/C10H11N3O2/c14-9-1-3-13(4-2-9)10(15)8-5-11-7-12-6-8/h5-7H,1-4H2. The summed E-state index contributed by atoms with van der Waals surface area (Å²) in [7, 11) is 0. The van der Waals surface area contributed by atoms with Crippen LogP contribution in [0.4, 0.5) is 0 Å². The zero-order valence-electron chi connectivity index (χ0n) is 8.22. The summed E-state index contributed by atoms with van der Waals surface area (Å²) >= 11 is 0. The molecule has 1 aliphatic rings. The number of hydrogen-bond acceptors (Lipinski definition) is 4. The molecule has 5 nitrogen and oxygen atoms in total. The summed E-state index contributed by atoms with van der Waals surface area (Å²) in [5, 5.41) is 0. The highest BCUT2D eigenvalue weighted by molar-refractivity contribution is 5.94. The Morgan fingerprint density at radius 3 is 2.40 bits per heavy atom. The lowest BCUT2D eigenvalue weighted by molar-refractivity contribution is -0.120. The van der Waals surface area contributed by atoms with Crippen molar-refractivity contribution in [3.05, 3.63) is 24.3 Å². The average molecular weight is 205 g/mol. The normalized spacial score (nSPS) is 16.5. The lowest BCUT2D eigenvalue weighted by atomic mass is 10.1. The lowest BCUT2D eigenvalue weighted by Gasteiger charge is -2.25. The molecule has 1 aliphatic heterocycles. The maximum Gasteiger partial charge on any atom is 0.257 e. The van der Waals surface area contributed by atoms with Gasteiger partial charge < -0.3 is 4.90 Å². The number of amides is 1. The minimum Gasteiger partial charge on any atom is -0.338 e. The number of carbonyl (C=O) groups excluding carboxylic acids is 2. The SMILES string of the molecule is O=C1CCN(C(=O)c2cncnc2)CC1. The predicted molar refractivity (Wildman–Crippen MR) is 52.2 cm³/mol. The molecule has 2 rings (SSSR count). The van der Waals surface area contributed by atoms with E-state index < -0.39 is 0 Å². The van der Waals surface area contributed by atoms with E-state index in [4.69, 9.17) is 0 Å². The van der Waals surface area contributed by atoms with E-state index in [0.29, 0.717) is 31.5 Å². The monoisotopic (exact) mass is 205 g/mol. The summed E-state index contributed by atoms with van der Waals surface area (Å²) in [6.45, 7) is 1.01. The predicted octanol–water partition coefficient (Wildman–Crippen LogP) is 0.282. The summed E-state index contributed by atoms with van der Waals surface area (Å²) < 4.78 is 0. The Hall–Kier alpha value is -1.78. The van der Waals surface area contributed by atoms with Crippen LogP contribution in [0, 0.1) is 0 Å². The molecule has 0 aromatic carbocycles. The molecular formula is C10H11N3O2. The third-order valence-electron chi connectivity index (χ3n) is 2.42. The van der Waals surface area contributed by atoms with Crippen LogP contribution in [-0.4, -0.2) is 39.6 Å². The molecule has 1 fully saturated rings. The molecule has 0 bridgehead atoms. The van der Waals surface area contributed by atoms with Crippen LogP contribution in [0.5, 0.6) is 0 Å². The van der Waals surface area contributed by atoms with E-state index in [1.807, 2.05) is 0 Å². The van der Waals surface area contributed by atoms with Gasteiger partial charge in [0.05, 0.1) is 5.56 Å². The fourth-order valence-corrected chi connectivity index (χ4v) is 1.55. The molecule has 15 heavy (non-hydrogen) atoms. The Morgan fingerprint density at radius 2 is 1.80 bits per heavy atom. The third-order valence-corrected chi connectivity index (χ3v) is 2.42. The van der Waals surface area contributed by atoms with Crippen molar-refractivity contribution < 1.29 is 9.59 Å². The van der Waals surface area contributed by atoms with Gasteiger partial charge in [0.2, 0.25) is 0 Å². The van der Waals surface area contributed by atoms with E-state index in [2.05, 4.69) is 9.97 Å². The van der Waals surface area contributed by atoms with Crippen molar-refractivity contribution in [2.45, 2.75) is 12.8 Å². The highest BCUT2D eigenvalue weighted by Gasteiger charge is 2.21. The van der Waals surface area contributed by atoms with E-state index in [0.717, 1.165) is 0 Å². The van der Waals surface area contributed by atoms with Gasteiger partial charge in [-0.3, -0.25) is 9.59 Å². The quantitative estimate of drug-likeness (QED) is 0.660. The number of hydrogen-bond donors (Lipinski definition) is 0. The summed E-state index contributed by atoms with van der Waals surface area (Å²) in [5.74, 6) is 0.131. The van der Waals surface area contributed by atoms with Gasteiger partial charge in [-0.25, -0.2) is 9.97 Å². The van der Waals surface area contributed by atoms with Crippen LogP contribution in [0.3, 0.4) is 0 Å². The van der Waals surface area contributed by atoms with Crippen LogP contribution in [0.15, 0.2) is 18.7 Å². The van der Waals surface area contributed by atoms with Gasteiger partial charge in [0, 0.05) is 38.3 Å². The van der Waals surface area contributed by atoms with E-state index in [-0.39, 0.29) is 11.7 Å². The van der Waals surface area contributed by atoms with E-state index in [1.54, 1.807) is 4.90 Å². The Balaban J connectivity index is 2.06. The molecule has 5 heteroatoms. The Bertz CT molecular complexity index is 368. The van der Waals surface area contributed by atoms with Crippen molar-refractivity contribution in [1.29, 1.82) is 0 Å². The van der Waals surface area contributed by atoms with Crippen molar-refractivity contribution in [3.8, 4) is 0 Å². The molecule has 1 amide bonds. The largest absolute Gasteiger partial charge is 0.338 e. The number of ketones is 1. The second kappa shape index (κ2) is 4.16. The zero-order chi connectivity index (χ0) is 10.7. The van der Waals surface area contributed by atoms with Crippen molar-refractivity contribution in [1.82, 2.24) is 14.9 Å². The molecule has 78 valence electrons. The number of Topliss-reactive ketones (excluding diaryl/α,β-unsaturated/α-hetero) is 1. The van der Waals surface area contributed by atoms with Gasteiger partial charge in [-0.15, -0.1) is 0 Å². The van der Waals surface area contributed by atoms with Gasteiger partial charge in [-0.1, -0.05) is 0 Å². The van der Waals surface area contributed by atoms with Crippen LogP contribution in [0.2, 0.25) is 0 Å². The second-order valence-electron chi connectivity index (χ2n) is 3.46. The van der Waals surface area contributed by atoms with E-state index >= 15 is 0 Å². The molecule has 0 N–H and O–H groups in total. The number of aromatic nitrogens is 2. The van der Waals surface area contributed by atoms with Gasteiger partial charge in [0.1, 0.15) is 12.1 Å². The topological polar surface area (TPSA) is 63.2 Å². The molecule has 2 heterocycles. The van der Waals surface area contributed by atoms with Crippen LogP contribution in [-0.2, 0) is 4.79 Å². The molecular weight excluding hydrogens is 194 g/mol. The molecule has 0 radical (unpaired) electrons. The first-order chi connectivity index (χ1) is 7.27. The van der Waals surface area contributed by atoms with Gasteiger partial charge in [-0.2, -0.15) is 0 Å². The van der Waals surface area contributed by atoms with E-state index in [9.17, 15) is 9.59 Å². The van der Waals surface area contributed by atoms with E-state index in [1.165, 1.54) is 18.7 Å². The zero-order valence-corrected chi connectivity index (χ0v) is 8.22. The molecule has 0 atom stereocenters. The van der Waals surface area contributed by atoms with Gasteiger partial charge >= 0.3 is 0 Å². The number of piperidine rings is 1. The number of nitrogens with zero attached hydrogens (tertiary/aromatic N) is 3. The number of rotatable bonds is 1. The molecule has 0 spiro atoms. The minimum atomic E-state index is -0.0944. The minimum absolute atomic E-state index is 0.0944. The highest BCUT2D eigenvalue weighted by atomic mass is 16.2. The highest BCUT2D eigenvalue weighted by Crippen LogP contribution is 2.09. The van der Waals surface area contributed by atoms with Gasteiger partial charge in [0.15, 0.2) is 0 Å². The van der Waals surface area contributed by atoms with Gasteiger partial charge in [-0.05, 0) is 0 Å². The van der Waals surface area contributed by atoms with Crippen molar-refractivity contribution in [2.75, 3.05) is 13.1 Å². The number of carbonyl (C=O) groups is 2. The van der Waals surface area contributed by atoms with Crippen molar-refractivity contribution in [2.24, 2.45) is 0 Å². The Kier molecular flexibility index (Phi) is 2.71. The van der Waals surface area contributed by atoms with Crippen LogP contribution >= 0.6 is 0 Å². The fraction of sp³-hybridized carbons (Fsp3) is 0.400. The second-order valence-corrected chi connectivity index (χ2v) is 3.46. The molecule has 1 saturated heterocycles. The Morgan fingerprint density at radius 1 is 1.20 bits per heavy atom. The molecule has 1 aromatic heterocycles. The molecule has 0 unspecified atom stereocenters. The van der Waals surface area contributed by atoms with Crippen molar-refractivity contribution in [3.63, 3.8) is 0 Å². The van der Waals surface area contributed by atoms with Gasteiger partial charge in [0.25, 0.3) is 5.91 Å². The Labute approximate surface area is 87.1 Å². The van der Waals surface area contributed by atoms with Crippen LogP contribution in [0.25, 0.3) is 0 Å². The summed E-state index contributed by atoms with van der Waals surface area (Å²) in [6, 6.07) is 0. The van der Waals surface area contributed by atoms with Crippen LogP contribution in [0.1, 0.15) is 23.2 Å². The summed E-state index contributed by atoms with van der Waals surface area (Å²) in [6.07, 6.45) is 5.28. The molecule has 0 saturated carbocycles. The first-order valence-corrected chi connectivity index (χ1v) is 4.83. The summed E-state index contributed by atoms with van der Waals surface area (Å²) in [4.78, 5) is 32.1. The summed E-state index contributed by atoms with van der Waals surface area (Å²) in [5.41, 5.74) is 0.479. The first kappa shape index (κ1) is 9.76. The van der Waals surface area contributed by atoms with Crippen LogP contribution < -0.4 is 0 Å². The maximum atomic E-state index is 11.8. The third kappa shape index (κ3) is 2.18.